The van der Waals surface area contributed by atoms with Crippen LogP contribution in [-0.4, -0.2) is 37.7 Å². The van der Waals surface area contributed by atoms with Crippen LogP contribution >= 0.6 is 27.3 Å². The Labute approximate surface area is 186 Å². The first-order valence-electron chi connectivity index (χ1n) is 9.63. The number of benzene rings is 1. The van der Waals surface area contributed by atoms with E-state index in [1.54, 1.807) is 25.1 Å². The number of esters is 2. The maximum atomic E-state index is 12.4. The Bertz CT molecular complexity index is 942. The second-order valence-corrected chi connectivity index (χ2v) is 8.61. The number of hydrogen-bond donors (Lipinski definition) is 1. The second-order valence-electron chi connectivity index (χ2n) is 6.59. The number of fused-ring (bicyclic) bond motifs is 1. The number of aryl methyl sites for hydroxylation is 1. The molecule has 160 valence electrons. The Morgan fingerprint density at radius 3 is 2.70 bits per heavy atom. The molecular weight excluding hydrogens is 474 g/mol. The molecule has 0 saturated heterocycles. The zero-order chi connectivity index (χ0) is 21.5. The van der Waals surface area contributed by atoms with Crippen molar-refractivity contribution in [3.05, 3.63) is 44.7 Å². The van der Waals surface area contributed by atoms with Crippen molar-refractivity contribution in [1.29, 1.82) is 0 Å². The van der Waals surface area contributed by atoms with Gasteiger partial charge in [0.15, 0.2) is 13.2 Å². The highest BCUT2D eigenvalue weighted by Crippen LogP contribution is 2.38. The molecule has 0 aliphatic heterocycles. The summed E-state index contributed by atoms with van der Waals surface area (Å²) < 4.78 is 16.3. The summed E-state index contributed by atoms with van der Waals surface area (Å²) in [6.45, 7) is 1.22. The standard InChI is InChI=1S/C21H22BrNO6S/c1-2-27-21(26)19-15-8-3-4-9-16(15)30-20(19)23-17(24)11-29-18(25)12-28-14-7-5-6-13(22)10-14/h5-7,10H,2-4,8-9,11-12H2,1H3,(H,23,24). The number of rotatable bonds is 8. The van der Waals surface area contributed by atoms with Gasteiger partial charge in [0.05, 0.1) is 12.2 Å². The molecule has 7 nitrogen and oxygen atoms in total. The van der Waals surface area contributed by atoms with Gasteiger partial charge in [-0.05, 0) is 56.4 Å². The van der Waals surface area contributed by atoms with Crippen molar-refractivity contribution in [3.63, 3.8) is 0 Å². The van der Waals surface area contributed by atoms with Crippen LogP contribution in [0.2, 0.25) is 0 Å². The van der Waals surface area contributed by atoms with Crippen molar-refractivity contribution < 1.29 is 28.6 Å². The molecule has 1 amide bonds. The van der Waals surface area contributed by atoms with E-state index in [2.05, 4.69) is 21.2 Å². The lowest BCUT2D eigenvalue weighted by atomic mass is 9.95. The van der Waals surface area contributed by atoms with E-state index in [0.29, 0.717) is 16.3 Å². The fraction of sp³-hybridized carbons (Fsp3) is 0.381. The summed E-state index contributed by atoms with van der Waals surface area (Å²) in [4.78, 5) is 37.7. The van der Waals surface area contributed by atoms with Crippen molar-refractivity contribution in [2.75, 3.05) is 25.1 Å². The average Bonchev–Trinajstić information content (AvgIpc) is 3.08. The van der Waals surface area contributed by atoms with Crippen LogP contribution in [-0.2, 0) is 31.9 Å². The number of hydrogen-bond acceptors (Lipinski definition) is 7. The summed E-state index contributed by atoms with van der Waals surface area (Å²) in [5.74, 6) is -1.11. The van der Waals surface area contributed by atoms with E-state index < -0.39 is 24.5 Å². The first-order valence-corrected chi connectivity index (χ1v) is 11.2. The molecule has 0 saturated carbocycles. The lowest BCUT2D eigenvalue weighted by molar-refractivity contribution is -0.149. The maximum absolute atomic E-state index is 12.4. The van der Waals surface area contributed by atoms with Gasteiger partial charge in [0.25, 0.3) is 5.91 Å². The second kappa shape index (κ2) is 10.6. The smallest absolute Gasteiger partial charge is 0.344 e. The normalized spacial score (nSPS) is 12.6. The fourth-order valence-corrected chi connectivity index (χ4v) is 4.79. The minimum Gasteiger partial charge on any atom is -0.482 e. The Morgan fingerprint density at radius 1 is 1.13 bits per heavy atom. The topological polar surface area (TPSA) is 90.9 Å². The van der Waals surface area contributed by atoms with Crippen LogP contribution in [0.1, 0.15) is 40.6 Å². The molecule has 1 aliphatic rings. The Hall–Kier alpha value is -2.39. The van der Waals surface area contributed by atoms with Crippen LogP contribution in [0.5, 0.6) is 5.75 Å². The quantitative estimate of drug-likeness (QED) is 0.553. The first-order chi connectivity index (χ1) is 14.5. The number of nitrogens with one attached hydrogen (secondary N) is 1. The first kappa shape index (κ1) is 22.3. The van der Waals surface area contributed by atoms with E-state index in [1.165, 1.54) is 11.3 Å². The van der Waals surface area contributed by atoms with Gasteiger partial charge in [-0.3, -0.25) is 4.79 Å². The molecule has 0 fully saturated rings. The molecule has 30 heavy (non-hydrogen) atoms. The summed E-state index contributed by atoms with van der Waals surface area (Å²) in [7, 11) is 0. The number of anilines is 1. The van der Waals surface area contributed by atoms with Gasteiger partial charge in [-0.1, -0.05) is 22.0 Å². The minimum atomic E-state index is -0.666. The predicted octanol–water partition coefficient (Wildman–Crippen LogP) is 4.13. The molecule has 0 spiro atoms. The number of carbonyl (C=O) groups excluding carboxylic acids is 3. The van der Waals surface area contributed by atoms with Gasteiger partial charge in [0.2, 0.25) is 0 Å². The lowest BCUT2D eigenvalue weighted by Gasteiger charge is -2.12. The van der Waals surface area contributed by atoms with Crippen LogP contribution in [0.15, 0.2) is 28.7 Å². The van der Waals surface area contributed by atoms with Crippen LogP contribution < -0.4 is 10.1 Å². The summed E-state index contributed by atoms with van der Waals surface area (Å²) in [6, 6.07) is 7.04. The number of amides is 1. The molecule has 0 radical (unpaired) electrons. The average molecular weight is 496 g/mol. The van der Waals surface area contributed by atoms with Gasteiger partial charge in [0, 0.05) is 9.35 Å². The molecule has 9 heteroatoms. The molecule has 1 aromatic heterocycles. The molecule has 0 atom stereocenters. The van der Waals surface area contributed by atoms with Gasteiger partial charge in [-0.2, -0.15) is 0 Å². The van der Waals surface area contributed by atoms with Gasteiger partial charge in [-0.25, -0.2) is 9.59 Å². The molecule has 1 heterocycles. The van der Waals surface area contributed by atoms with Crippen LogP contribution in [0.4, 0.5) is 5.00 Å². The van der Waals surface area contributed by atoms with Crippen LogP contribution in [0, 0.1) is 0 Å². The highest BCUT2D eigenvalue weighted by molar-refractivity contribution is 9.10. The van der Waals surface area contributed by atoms with Gasteiger partial charge in [0.1, 0.15) is 10.8 Å². The number of carbonyl (C=O) groups is 3. The van der Waals surface area contributed by atoms with E-state index in [-0.39, 0.29) is 13.2 Å². The van der Waals surface area contributed by atoms with E-state index in [0.717, 1.165) is 40.6 Å². The molecule has 3 rings (SSSR count). The monoisotopic (exact) mass is 495 g/mol. The van der Waals surface area contributed by atoms with Crippen molar-refractivity contribution >= 4 is 50.1 Å². The molecule has 0 unspecified atom stereocenters. The third-order valence-corrected chi connectivity index (χ3v) is 6.12. The summed E-state index contributed by atoms with van der Waals surface area (Å²) in [5, 5.41) is 3.15. The lowest BCUT2D eigenvalue weighted by Crippen LogP contribution is -2.24. The Kier molecular flexibility index (Phi) is 7.87. The Morgan fingerprint density at radius 2 is 1.93 bits per heavy atom. The highest BCUT2D eigenvalue weighted by atomic mass is 79.9. The third kappa shape index (κ3) is 5.82. The van der Waals surface area contributed by atoms with Crippen LogP contribution in [0.25, 0.3) is 0 Å². The van der Waals surface area contributed by atoms with E-state index in [4.69, 9.17) is 14.2 Å². The molecule has 1 N–H and O–H groups in total. The van der Waals surface area contributed by atoms with E-state index in [9.17, 15) is 14.4 Å². The largest absolute Gasteiger partial charge is 0.482 e. The zero-order valence-corrected chi connectivity index (χ0v) is 18.9. The number of thiophene rings is 1. The van der Waals surface area contributed by atoms with E-state index >= 15 is 0 Å². The SMILES string of the molecule is CCOC(=O)c1c(NC(=O)COC(=O)COc2cccc(Br)c2)sc2c1CCCC2. The zero-order valence-electron chi connectivity index (χ0n) is 16.5. The highest BCUT2D eigenvalue weighted by Gasteiger charge is 2.27. The van der Waals surface area contributed by atoms with Gasteiger partial charge in [-0.15, -0.1) is 11.3 Å². The predicted molar refractivity (Wildman–Crippen MR) is 116 cm³/mol. The number of ether oxygens (including phenoxy) is 3. The van der Waals surface area contributed by atoms with Crippen LogP contribution in [0.3, 0.4) is 0 Å². The molecule has 2 aromatic rings. The van der Waals surface area contributed by atoms with Crippen molar-refractivity contribution in [2.24, 2.45) is 0 Å². The fourth-order valence-electron chi connectivity index (χ4n) is 3.12. The maximum Gasteiger partial charge on any atom is 0.344 e. The molecule has 0 bridgehead atoms. The van der Waals surface area contributed by atoms with Crippen molar-refractivity contribution in [3.8, 4) is 5.75 Å². The summed E-state index contributed by atoms with van der Waals surface area (Å²) in [5.41, 5.74) is 1.38. The minimum absolute atomic E-state index is 0.256. The van der Waals surface area contributed by atoms with Gasteiger partial charge < -0.3 is 19.5 Å². The Balaban J connectivity index is 1.56. The third-order valence-electron chi connectivity index (χ3n) is 4.42. The summed E-state index contributed by atoms with van der Waals surface area (Å²) >= 11 is 4.70. The molecule has 1 aromatic carbocycles. The molecule has 1 aliphatic carbocycles. The van der Waals surface area contributed by atoms with E-state index in [1.807, 2.05) is 6.07 Å². The van der Waals surface area contributed by atoms with Crippen molar-refractivity contribution in [2.45, 2.75) is 32.6 Å². The number of halogens is 1. The summed E-state index contributed by atoms with van der Waals surface area (Å²) in [6.07, 6.45) is 3.72. The van der Waals surface area contributed by atoms with Gasteiger partial charge >= 0.3 is 11.9 Å². The van der Waals surface area contributed by atoms with Crippen molar-refractivity contribution in [1.82, 2.24) is 0 Å². The molecular formula is C21H22BrNO6S.